The Morgan fingerprint density at radius 2 is 1.69 bits per heavy atom. The first kappa shape index (κ1) is 22.0. The van der Waals surface area contributed by atoms with Crippen LogP contribution >= 0.6 is 0 Å². The number of carbonyl (C=O) groups excluding carboxylic acids is 3. The minimum atomic E-state index is -0.197. The molecule has 2 fully saturated rings. The smallest absolute Gasteiger partial charge is 0.292 e. The molecule has 0 bridgehead atoms. The standard InChI is InChI=1S/C24H30N4O4/c1-17-6-3-7-19(14-17)23(30)28-9-4-8-20(16-28)21-15-22(32-25-21)24(31)27-11-5-10-26(12-13-27)18(2)29/h3,6-7,14-15,20H,4-5,8-13,16H2,1-2H3. The van der Waals surface area contributed by atoms with Crippen LogP contribution in [0.25, 0.3) is 0 Å². The Hall–Kier alpha value is -3.16. The van der Waals surface area contributed by atoms with Crippen molar-refractivity contribution in [2.75, 3.05) is 39.3 Å². The number of nitrogens with zero attached hydrogens (tertiary/aromatic N) is 4. The molecule has 4 rings (SSSR count). The molecule has 32 heavy (non-hydrogen) atoms. The van der Waals surface area contributed by atoms with Crippen molar-refractivity contribution < 1.29 is 18.9 Å². The lowest BCUT2D eigenvalue weighted by molar-refractivity contribution is -0.128. The van der Waals surface area contributed by atoms with Crippen LogP contribution in [0.15, 0.2) is 34.9 Å². The van der Waals surface area contributed by atoms with E-state index in [0.29, 0.717) is 44.8 Å². The lowest BCUT2D eigenvalue weighted by Gasteiger charge is -2.32. The molecule has 1 aromatic carbocycles. The fraction of sp³-hybridized carbons (Fsp3) is 0.500. The third kappa shape index (κ3) is 4.84. The number of rotatable bonds is 3. The van der Waals surface area contributed by atoms with E-state index >= 15 is 0 Å². The fourth-order valence-electron chi connectivity index (χ4n) is 4.54. The van der Waals surface area contributed by atoms with E-state index in [0.717, 1.165) is 30.5 Å². The second kappa shape index (κ2) is 9.54. The second-order valence-corrected chi connectivity index (χ2v) is 8.73. The number of aromatic nitrogens is 1. The van der Waals surface area contributed by atoms with Crippen molar-refractivity contribution in [3.05, 3.63) is 52.9 Å². The number of piperidine rings is 1. The third-order valence-electron chi connectivity index (χ3n) is 6.36. The van der Waals surface area contributed by atoms with Crippen LogP contribution in [0.3, 0.4) is 0 Å². The molecular formula is C24H30N4O4. The number of hydrogen-bond acceptors (Lipinski definition) is 5. The minimum absolute atomic E-state index is 0.0257. The molecule has 8 nitrogen and oxygen atoms in total. The van der Waals surface area contributed by atoms with Crippen LogP contribution in [-0.2, 0) is 4.79 Å². The minimum Gasteiger partial charge on any atom is -0.351 e. The zero-order valence-electron chi connectivity index (χ0n) is 18.7. The lowest BCUT2D eigenvalue weighted by Crippen LogP contribution is -2.39. The maximum absolute atomic E-state index is 12.9. The number of carbonyl (C=O) groups is 3. The summed E-state index contributed by atoms with van der Waals surface area (Å²) in [7, 11) is 0. The third-order valence-corrected chi connectivity index (χ3v) is 6.36. The SMILES string of the molecule is CC(=O)N1CCCN(C(=O)c2cc(C3CCCN(C(=O)c4cccc(C)c4)C3)no2)CC1. The quantitative estimate of drug-likeness (QED) is 0.735. The van der Waals surface area contributed by atoms with Gasteiger partial charge in [-0.2, -0.15) is 0 Å². The zero-order chi connectivity index (χ0) is 22.7. The normalized spacial score (nSPS) is 19.6. The van der Waals surface area contributed by atoms with Gasteiger partial charge in [-0.3, -0.25) is 14.4 Å². The van der Waals surface area contributed by atoms with Gasteiger partial charge in [-0.1, -0.05) is 22.9 Å². The van der Waals surface area contributed by atoms with E-state index in [1.807, 2.05) is 36.1 Å². The van der Waals surface area contributed by atoms with E-state index in [1.54, 1.807) is 22.8 Å². The molecule has 2 saturated heterocycles. The number of hydrogen-bond donors (Lipinski definition) is 0. The number of benzene rings is 1. The van der Waals surface area contributed by atoms with Gasteiger partial charge in [-0.05, 0) is 38.3 Å². The summed E-state index contributed by atoms with van der Waals surface area (Å²) in [6.45, 7) is 7.06. The molecule has 0 N–H and O–H groups in total. The van der Waals surface area contributed by atoms with Crippen molar-refractivity contribution in [1.82, 2.24) is 19.9 Å². The Morgan fingerprint density at radius 3 is 2.47 bits per heavy atom. The van der Waals surface area contributed by atoms with Gasteiger partial charge >= 0.3 is 0 Å². The number of aryl methyl sites for hydroxylation is 1. The largest absolute Gasteiger partial charge is 0.351 e. The highest BCUT2D eigenvalue weighted by Crippen LogP contribution is 2.28. The Morgan fingerprint density at radius 1 is 0.938 bits per heavy atom. The van der Waals surface area contributed by atoms with Crippen molar-refractivity contribution in [2.45, 2.75) is 39.0 Å². The predicted octanol–water partition coefficient (Wildman–Crippen LogP) is 2.70. The highest BCUT2D eigenvalue weighted by molar-refractivity contribution is 5.94. The van der Waals surface area contributed by atoms with Crippen LogP contribution in [0, 0.1) is 6.92 Å². The molecule has 2 aliphatic heterocycles. The highest BCUT2D eigenvalue weighted by atomic mass is 16.5. The van der Waals surface area contributed by atoms with Crippen LogP contribution in [0.2, 0.25) is 0 Å². The van der Waals surface area contributed by atoms with Crippen LogP contribution in [0.5, 0.6) is 0 Å². The van der Waals surface area contributed by atoms with E-state index < -0.39 is 0 Å². The summed E-state index contributed by atoms with van der Waals surface area (Å²) in [4.78, 5) is 42.9. The monoisotopic (exact) mass is 438 g/mol. The van der Waals surface area contributed by atoms with Crippen LogP contribution in [-0.4, -0.2) is 76.8 Å². The molecule has 0 radical (unpaired) electrons. The summed E-state index contributed by atoms with van der Waals surface area (Å²) in [5.74, 6) is 0.123. The van der Waals surface area contributed by atoms with Crippen molar-refractivity contribution >= 4 is 17.7 Å². The summed E-state index contributed by atoms with van der Waals surface area (Å²) in [5.41, 5.74) is 2.47. The molecule has 0 spiro atoms. The Balaban J connectivity index is 1.41. The second-order valence-electron chi connectivity index (χ2n) is 8.73. The average Bonchev–Trinajstić information content (AvgIpc) is 3.16. The summed E-state index contributed by atoms with van der Waals surface area (Å²) < 4.78 is 5.42. The molecule has 3 amide bonds. The molecule has 0 saturated carbocycles. The van der Waals surface area contributed by atoms with Gasteiger partial charge in [0.2, 0.25) is 11.7 Å². The lowest BCUT2D eigenvalue weighted by atomic mass is 9.94. The Labute approximate surface area is 188 Å². The summed E-state index contributed by atoms with van der Waals surface area (Å²) in [5, 5.41) is 4.18. The van der Waals surface area contributed by atoms with Crippen molar-refractivity contribution in [1.29, 1.82) is 0 Å². The summed E-state index contributed by atoms with van der Waals surface area (Å²) >= 11 is 0. The summed E-state index contributed by atoms with van der Waals surface area (Å²) in [6.07, 6.45) is 2.52. The molecule has 2 aromatic rings. The zero-order valence-corrected chi connectivity index (χ0v) is 18.7. The first-order valence-electron chi connectivity index (χ1n) is 11.3. The van der Waals surface area contributed by atoms with E-state index in [4.69, 9.17) is 4.52 Å². The fourth-order valence-corrected chi connectivity index (χ4v) is 4.54. The van der Waals surface area contributed by atoms with Gasteiger partial charge in [-0.15, -0.1) is 0 Å². The molecule has 3 heterocycles. The number of likely N-dealkylation sites (tertiary alicyclic amines) is 1. The Bertz CT molecular complexity index is 1000. The average molecular weight is 439 g/mol. The predicted molar refractivity (Wildman–Crippen MR) is 118 cm³/mol. The highest BCUT2D eigenvalue weighted by Gasteiger charge is 2.30. The number of amides is 3. The van der Waals surface area contributed by atoms with E-state index in [2.05, 4.69) is 5.16 Å². The molecule has 8 heteroatoms. The maximum Gasteiger partial charge on any atom is 0.292 e. The van der Waals surface area contributed by atoms with Gasteiger partial charge in [0.05, 0.1) is 5.69 Å². The van der Waals surface area contributed by atoms with E-state index in [-0.39, 0.29) is 29.4 Å². The van der Waals surface area contributed by atoms with E-state index in [1.165, 1.54) is 0 Å². The topological polar surface area (TPSA) is 87.0 Å². The Kier molecular flexibility index (Phi) is 6.58. The molecule has 2 aliphatic rings. The van der Waals surface area contributed by atoms with Crippen molar-refractivity contribution in [3.8, 4) is 0 Å². The van der Waals surface area contributed by atoms with Gasteiger partial charge in [0.15, 0.2) is 0 Å². The molecule has 1 aromatic heterocycles. The van der Waals surface area contributed by atoms with Gasteiger partial charge in [-0.25, -0.2) is 0 Å². The van der Waals surface area contributed by atoms with Gasteiger partial charge < -0.3 is 19.2 Å². The van der Waals surface area contributed by atoms with Crippen LogP contribution in [0.4, 0.5) is 0 Å². The first-order valence-corrected chi connectivity index (χ1v) is 11.3. The van der Waals surface area contributed by atoms with Gasteiger partial charge in [0, 0.05) is 63.7 Å². The summed E-state index contributed by atoms with van der Waals surface area (Å²) in [6, 6.07) is 9.36. The molecule has 170 valence electrons. The molecule has 1 atom stereocenters. The van der Waals surface area contributed by atoms with Crippen molar-refractivity contribution in [2.24, 2.45) is 0 Å². The van der Waals surface area contributed by atoms with Gasteiger partial charge in [0.25, 0.3) is 11.8 Å². The van der Waals surface area contributed by atoms with Crippen molar-refractivity contribution in [3.63, 3.8) is 0 Å². The van der Waals surface area contributed by atoms with E-state index in [9.17, 15) is 14.4 Å². The molecular weight excluding hydrogens is 408 g/mol. The molecule has 0 aliphatic carbocycles. The maximum atomic E-state index is 12.9. The molecule has 1 unspecified atom stereocenters. The van der Waals surface area contributed by atoms with Crippen LogP contribution in [0.1, 0.15) is 64.3 Å². The van der Waals surface area contributed by atoms with Crippen LogP contribution < -0.4 is 0 Å². The first-order chi connectivity index (χ1) is 15.4. The van der Waals surface area contributed by atoms with Gasteiger partial charge in [0.1, 0.15) is 0 Å².